The van der Waals surface area contributed by atoms with E-state index in [0.29, 0.717) is 9.88 Å². The molecular weight excluding hydrogens is 392 g/mol. The number of nitrogens with one attached hydrogen (secondary N) is 2. The van der Waals surface area contributed by atoms with Crippen LogP contribution < -0.4 is 10.6 Å². The molecule has 3 rings (SSSR count). The summed E-state index contributed by atoms with van der Waals surface area (Å²) >= 11 is 4.62. The Morgan fingerprint density at radius 3 is 2.62 bits per heavy atom. The Morgan fingerprint density at radius 1 is 1.08 bits per heavy atom. The Hall–Kier alpha value is -2.38. The smallest absolute Gasteiger partial charge is 0.291 e. The topological polar surface area (TPSA) is 71.3 Å². The fraction of sp³-hybridized carbons (Fsp3) is 0.0588. The summed E-state index contributed by atoms with van der Waals surface area (Å²) in [5.41, 5.74) is 1.75. The molecule has 0 saturated carbocycles. The van der Waals surface area contributed by atoms with E-state index in [2.05, 4.69) is 26.6 Å². The Labute approximate surface area is 150 Å². The Morgan fingerprint density at radius 2 is 1.92 bits per heavy atom. The second kappa shape index (κ2) is 7.02. The van der Waals surface area contributed by atoms with E-state index in [0.717, 1.165) is 15.7 Å². The number of hydrogen-bond donors (Lipinski definition) is 2. The van der Waals surface area contributed by atoms with Crippen LogP contribution in [0.25, 0.3) is 0 Å². The van der Waals surface area contributed by atoms with Gasteiger partial charge in [-0.15, -0.1) is 11.3 Å². The monoisotopic (exact) mass is 404 g/mol. The van der Waals surface area contributed by atoms with Crippen molar-refractivity contribution in [1.82, 2.24) is 0 Å². The average Bonchev–Trinajstić information content (AvgIpc) is 3.22. The van der Waals surface area contributed by atoms with Crippen LogP contribution in [0.3, 0.4) is 0 Å². The zero-order valence-electron chi connectivity index (χ0n) is 12.6. The van der Waals surface area contributed by atoms with Crippen molar-refractivity contribution in [2.45, 2.75) is 6.92 Å². The molecular formula is C17H13BrN2O3S. The van der Waals surface area contributed by atoms with Crippen LogP contribution in [0.5, 0.6) is 0 Å². The molecule has 7 heteroatoms. The predicted molar refractivity (Wildman–Crippen MR) is 97.8 cm³/mol. The van der Waals surface area contributed by atoms with Gasteiger partial charge in [0, 0.05) is 10.2 Å². The minimum absolute atomic E-state index is 0.222. The number of furan rings is 1. The molecule has 5 nitrogen and oxygen atoms in total. The molecule has 0 aliphatic rings. The third-order valence-electron chi connectivity index (χ3n) is 3.23. The summed E-state index contributed by atoms with van der Waals surface area (Å²) in [6, 6.07) is 12.2. The molecule has 0 atom stereocenters. The van der Waals surface area contributed by atoms with Gasteiger partial charge >= 0.3 is 0 Å². The SMILES string of the molecule is Cc1cc(NC(=O)c2ccc(NC(=O)c3ccco3)s2)ccc1Br. The van der Waals surface area contributed by atoms with Gasteiger partial charge in [-0.3, -0.25) is 9.59 Å². The lowest BCUT2D eigenvalue weighted by Gasteiger charge is -2.05. The minimum atomic E-state index is -0.350. The number of benzene rings is 1. The van der Waals surface area contributed by atoms with E-state index in [1.54, 1.807) is 24.3 Å². The van der Waals surface area contributed by atoms with Gasteiger partial charge in [0.15, 0.2) is 5.76 Å². The fourth-order valence-corrected chi connectivity index (χ4v) is 3.07. The second-order valence-electron chi connectivity index (χ2n) is 5.01. The van der Waals surface area contributed by atoms with Crippen LogP contribution in [-0.2, 0) is 0 Å². The van der Waals surface area contributed by atoms with E-state index in [1.165, 1.54) is 17.6 Å². The largest absolute Gasteiger partial charge is 0.459 e. The zero-order valence-corrected chi connectivity index (χ0v) is 15.0. The summed E-state index contributed by atoms with van der Waals surface area (Å²) in [5, 5.41) is 6.12. The molecule has 0 radical (unpaired) electrons. The van der Waals surface area contributed by atoms with Crippen LogP contribution in [-0.4, -0.2) is 11.8 Å². The maximum Gasteiger partial charge on any atom is 0.291 e. The second-order valence-corrected chi connectivity index (χ2v) is 6.95. The summed E-state index contributed by atoms with van der Waals surface area (Å²) in [6.45, 7) is 1.95. The van der Waals surface area contributed by atoms with Gasteiger partial charge in [0.05, 0.1) is 16.1 Å². The van der Waals surface area contributed by atoms with Gasteiger partial charge in [-0.25, -0.2) is 0 Å². The molecule has 0 saturated heterocycles. The molecule has 0 bridgehead atoms. The van der Waals surface area contributed by atoms with Gasteiger partial charge in [-0.05, 0) is 55.0 Å². The van der Waals surface area contributed by atoms with E-state index in [9.17, 15) is 9.59 Å². The highest BCUT2D eigenvalue weighted by Crippen LogP contribution is 2.25. The van der Waals surface area contributed by atoms with Crippen molar-refractivity contribution in [2.75, 3.05) is 10.6 Å². The number of carbonyl (C=O) groups is 2. The van der Waals surface area contributed by atoms with E-state index >= 15 is 0 Å². The molecule has 24 heavy (non-hydrogen) atoms. The average molecular weight is 405 g/mol. The highest BCUT2D eigenvalue weighted by molar-refractivity contribution is 9.10. The molecule has 2 amide bonds. The summed E-state index contributed by atoms with van der Waals surface area (Å²) in [7, 11) is 0. The van der Waals surface area contributed by atoms with Crippen molar-refractivity contribution >= 4 is 49.8 Å². The first-order valence-electron chi connectivity index (χ1n) is 7.05. The number of rotatable bonds is 4. The molecule has 2 N–H and O–H groups in total. The number of hydrogen-bond acceptors (Lipinski definition) is 4. The molecule has 2 heterocycles. The number of anilines is 2. The predicted octanol–water partition coefficient (Wildman–Crippen LogP) is 4.92. The van der Waals surface area contributed by atoms with Gasteiger partial charge in [0.1, 0.15) is 0 Å². The van der Waals surface area contributed by atoms with Crippen LogP contribution in [0, 0.1) is 6.92 Å². The molecule has 1 aromatic carbocycles. The Kier molecular flexibility index (Phi) is 4.82. The standard InChI is InChI=1S/C17H13BrN2O3S/c1-10-9-11(4-5-12(10)18)19-17(22)14-6-7-15(24-14)20-16(21)13-3-2-8-23-13/h2-9H,1H3,(H,19,22)(H,20,21). The van der Waals surface area contributed by atoms with Crippen LogP contribution in [0.4, 0.5) is 10.7 Å². The first-order valence-corrected chi connectivity index (χ1v) is 8.66. The van der Waals surface area contributed by atoms with Crippen molar-refractivity contribution in [3.05, 3.63) is 69.4 Å². The van der Waals surface area contributed by atoms with Gasteiger partial charge < -0.3 is 15.1 Å². The van der Waals surface area contributed by atoms with Crippen LogP contribution in [0.15, 0.2) is 57.6 Å². The lowest BCUT2D eigenvalue weighted by molar-refractivity contribution is 0.0995. The van der Waals surface area contributed by atoms with E-state index in [-0.39, 0.29) is 17.6 Å². The normalized spacial score (nSPS) is 10.4. The summed E-state index contributed by atoms with van der Waals surface area (Å²) in [4.78, 5) is 24.7. The molecule has 0 aliphatic heterocycles. The zero-order chi connectivity index (χ0) is 17.1. The first-order chi connectivity index (χ1) is 11.5. The number of aryl methyl sites for hydroxylation is 1. The van der Waals surface area contributed by atoms with Crippen LogP contribution in [0.2, 0.25) is 0 Å². The molecule has 0 aliphatic carbocycles. The van der Waals surface area contributed by atoms with Crippen LogP contribution in [0.1, 0.15) is 25.8 Å². The summed E-state index contributed by atoms with van der Waals surface area (Å²) < 4.78 is 6.02. The van der Waals surface area contributed by atoms with Crippen molar-refractivity contribution < 1.29 is 14.0 Å². The lowest BCUT2D eigenvalue weighted by atomic mass is 10.2. The molecule has 122 valence electrons. The van der Waals surface area contributed by atoms with Crippen molar-refractivity contribution in [3.8, 4) is 0 Å². The Balaban J connectivity index is 1.67. The molecule has 0 fully saturated rings. The van der Waals surface area contributed by atoms with Gasteiger partial charge in [0.2, 0.25) is 0 Å². The van der Waals surface area contributed by atoms with Crippen LogP contribution >= 0.6 is 27.3 Å². The maximum absolute atomic E-state index is 12.3. The van der Waals surface area contributed by atoms with E-state index in [1.807, 2.05) is 25.1 Å². The molecule has 0 unspecified atom stereocenters. The highest BCUT2D eigenvalue weighted by Gasteiger charge is 2.13. The summed E-state index contributed by atoms with van der Waals surface area (Å²) in [6.07, 6.45) is 1.43. The number of carbonyl (C=O) groups excluding carboxylic acids is 2. The van der Waals surface area contributed by atoms with Crippen molar-refractivity contribution in [1.29, 1.82) is 0 Å². The minimum Gasteiger partial charge on any atom is -0.459 e. The first kappa shape index (κ1) is 16.5. The van der Waals surface area contributed by atoms with Gasteiger partial charge in [0.25, 0.3) is 11.8 Å². The quantitative estimate of drug-likeness (QED) is 0.648. The van der Waals surface area contributed by atoms with Gasteiger partial charge in [-0.1, -0.05) is 15.9 Å². The number of halogens is 1. The van der Waals surface area contributed by atoms with Crippen molar-refractivity contribution in [3.63, 3.8) is 0 Å². The Bertz CT molecular complexity index is 887. The lowest BCUT2D eigenvalue weighted by Crippen LogP contribution is -2.10. The third-order valence-corrected chi connectivity index (χ3v) is 5.12. The molecule has 3 aromatic rings. The molecule has 0 spiro atoms. The summed E-state index contributed by atoms with van der Waals surface area (Å²) in [5.74, 6) is -0.350. The number of thiophene rings is 1. The van der Waals surface area contributed by atoms with Crippen molar-refractivity contribution in [2.24, 2.45) is 0 Å². The number of amides is 2. The maximum atomic E-state index is 12.3. The highest BCUT2D eigenvalue weighted by atomic mass is 79.9. The molecule has 2 aromatic heterocycles. The van der Waals surface area contributed by atoms with E-state index in [4.69, 9.17) is 4.42 Å². The van der Waals surface area contributed by atoms with E-state index < -0.39 is 0 Å². The fourth-order valence-electron chi connectivity index (χ4n) is 2.02. The van der Waals surface area contributed by atoms with Gasteiger partial charge in [-0.2, -0.15) is 0 Å². The third kappa shape index (κ3) is 3.74.